The maximum Gasteiger partial charge on any atom is 0.273 e. The van der Waals surface area contributed by atoms with E-state index < -0.39 is 0 Å². The maximum absolute atomic E-state index is 12.4. The van der Waals surface area contributed by atoms with E-state index in [9.17, 15) is 4.79 Å². The number of carbonyl (C=O) groups excluding carboxylic acids is 1. The Balaban J connectivity index is 1.60. The number of nitrogens with one attached hydrogen (secondary N) is 2. The zero-order chi connectivity index (χ0) is 17.6. The molecule has 1 unspecified atom stereocenters. The Labute approximate surface area is 147 Å². The van der Waals surface area contributed by atoms with Crippen LogP contribution in [0.4, 0.5) is 0 Å². The summed E-state index contributed by atoms with van der Waals surface area (Å²) in [7, 11) is 0. The highest BCUT2D eigenvalue weighted by atomic mass is 16.5. The summed E-state index contributed by atoms with van der Waals surface area (Å²) in [6.45, 7) is 6.48. The van der Waals surface area contributed by atoms with E-state index in [-0.39, 0.29) is 11.9 Å². The number of hydrogen-bond acceptors (Lipinski definition) is 5. The van der Waals surface area contributed by atoms with Crippen molar-refractivity contribution in [3.63, 3.8) is 0 Å². The van der Waals surface area contributed by atoms with Gasteiger partial charge in [-0.15, -0.1) is 5.10 Å². The molecule has 1 saturated heterocycles. The van der Waals surface area contributed by atoms with Gasteiger partial charge in [-0.3, -0.25) is 4.79 Å². The van der Waals surface area contributed by atoms with Crippen LogP contribution in [0.3, 0.4) is 0 Å². The minimum atomic E-state index is -0.207. The smallest absolute Gasteiger partial charge is 0.273 e. The fourth-order valence-electron chi connectivity index (χ4n) is 3.00. The van der Waals surface area contributed by atoms with E-state index >= 15 is 0 Å². The lowest BCUT2D eigenvalue weighted by atomic mass is 10.1. The molecule has 1 aliphatic rings. The Hall–Kier alpha value is -2.41. The van der Waals surface area contributed by atoms with Crippen LogP contribution in [-0.4, -0.2) is 40.6 Å². The molecule has 0 radical (unpaired) electrons. The summed E-state index contributed by atoms with van der Waals surface area (Å²) >= 11 is 0. The summed E-state index contributed by atoms with van der Waals surface area (Å²) in [5.74, 6) is 0.622. The molecule has 1 aliphatic heterocycles. The molecule has 0 aliphatic carbocycles. The Morgan fingerprint density at radius 3 is 2.76 bits per heavy atom. The van der Waals surface area contributed by atoms with Gasteiger partial charge in [-0.05, 0) is 57.5 Å². The lowest BCUT2D eigenvalue weighted by molar-refractivity contribution is 0.0934. The first-order chi connectivity index (χ1) is 12.2. The first-order valence-corrected chi connectivity index (χ1v) is 8.83. The molecule has 134 valence electrons. The summed E-state index contributed by atoms with van der Waals surface area (Å²) in [6.07, 6.45) is 3.76. The van der Waals surface area contributed by atoms with Crippen molar-refractivity contribution in [1.82, 2.24) is 25.6 Å². The first-order valence-electron chi connectivity index (χ1n) is 8.83. The van der Waals surface area contributed by atoms with Gasteiger partial charge in [0.25, 0.3) is 5.91 Å². The molecular formula is C18H25N5O2. The third-order valence-electron chi connectivity index (χ3n) is 4.46. The van der Waals surface area contributed by atoms with Crippen molar-refractivity contribution >= 4 is 5.91 Å². The number of carbonyl (C=O) groups is 1. The second-order valence-electron chi connectivity index (χ2n) is 6.26. The molecule has 1 atom stereocenters. The van der Waals surface area contributed by atoms with E-state index in [4.69, 9.17) is 4.74 Å². The molecule has 1 aromatic heterocycles. The number of hydrogen-bond donors (Lipinski definition) is 2. The third kappa shape index (κ3) is 4.36. The van der Waals surface area contributed by atoms with E-state index in [0.29, 0.717) is 18.3 Å². The quantitative estimate of drug-likeness (QED) is 0.839. The molecule has 1 amide bonds. The van der Waals surface area contributed by atoms with Gasteiger partial charge in [-0.25, -0.2) is 4.68 Å². The number of amides is 1. The van der Waals surface area contributed by atoms with Gasteiger partial charge in [0.15, 0.2) is 5.69 Å². The van der Waals surface area contributed by atoms with Crippen LogP contribution < -0.4 is 15.4 Å². The molecule has 1 aromatic carbocycles. The van der Waals surface area contributed by atoms with E-state index in [0.717, 1.165) is 37.2 Å². The number of nitrogens with zero attached hydrogens (tertiary/aromatic N) is 3. The molecule has 2 aromatic rings. The zero-order valence-corrected chi connectivity index (χ0v) is 14.7. The average molecular weight is 343 g/mol. The summed E-state index contributed by atoms with van der Waals surface area (Å²) in [5, 5.41) is 14.5. The van der Waals surface area contributed by atoms with Gasteiger partial charge in [0.1, 0.15) is 5.75 Å². The molecule has 25 heavy (non-hydrogen) atoms. The molecular weight excluding hydrogens is 318 g/mol. The predicted molar refractivity (Wildman–Crippen MR) is 94.7 cm³/mol. The van der Waals surface area contributed by atoms with Gasteiger partial charge < -0.3 is 15.4 Å². The molecule has 7 heteroatoms. The second kappa shape index (κ2) is 8.11. The van der Waals surface area contributed by atoms with Crippen LogP contribution >= 0.6 is 0 Å². The highest BCUT2D eigenvalue weighted by Crippen LogP contribution is 2.19. The van der Waals surface area contributed by atoms with Crippen molar-refractivity contribution in [3.8, 4) is 5.75 Å². The number of rotatable bonds is 6. The lowest BCUT2D eigenvalue weighted by Gasteiger charge is -2.22. The van der Waals surface area contributed by atoms with E-state index in [1.54, 1.807) is 6.20 Å². The van der Waals surface area contributed by atoms with Crippen molar-refractivity contribution in [2.24, 2.45) is 0 Å². The monoisotopic (exact) mass is 343 g/mol. The zero-order valence-electron chi connectivity index (χ0n) is 14.7. The van der Waals surface area contributed by atoms with Gasteiger partial charge in [0.2, 0.25) is 0 Å². The molecule has 0 bridgehead atoms. The summed E-state index contributed by atoms with van der Waals surface area (Å²) in [5.41, 5.74) is 1.37. The van der Waals surface area contributed by atoms with Crippen LogP contribution in [0.1, 0.15) is 54.8 Å². The fraction of sp³-hybridized carbons (Fsp3) is 0.500. The minimum absolute atomic E-state index is 0.118. The van der Waals surface area contributed by atoms with Crippen molar-refractivity contribution in [3.05, 3.63) is 41.7 Å². The molecule has 2 heterocycles. The standard InChI is InChI=1S/C18H25N5O2/c1-3-25-16-6-4-14(5-7-16)13(2)20-18(24)17-12-23(22-21-17)15-8-10-19-11-9-15/h4-7,12-13,15,19H,3,8-11H2,1-2H3,(H,20,24). The third-order valence-corrected chi connectivity index (χ3v) is 4.46. The highest BCUT2D eigenvalue weighted by Gasteiger charge is 2.19. The fourth-order valence-corrected chi connectivity index (χ4v) is 3.00. The first kappa shape index (κ1) is 17.4. The summed E-state index contributed by atoms with van der Waals surface area (Å²) in [4.78, 5) is 12.4. The molecule has 0 spiro atoms. The van der Waals surface area contributed by atoms with Crippen molar-refractivity contribution in [2.45, 2.75) is 38.8 Å². The maximum atomic E-state index is 12.4. The minimum Gasteiger partial charge on any atom is -0.494 e. The molecule has 7 nitrogen and oxygen atoms in total. The Bertz CT molecular complexity index is 692. The van der Waals surface area contributed by atoms with Gasteiger partial charge in [0.05, 0.1) is 24.9 Å². The SMILES string of the molecule is CCOc1ccc(C(C)NC(=O)c2cn(C3CCNCC3)nn2)cc1. The highest BCUT2D eigenvalue weighted by molar-refractivity contribution is 5.92. The Morgan fingerprint density at radius 1 is 1.36 bits per heavy atom. The average Bonchev–Trinajstić information content (AvgIpc) is 3.13. The van der Waals surface area contributed by atoms with Crippen LogP contribution in [-0.2, 0) is 0 Å². The lowest BCUT2D eigenvalue weighted by Crippen LogP contribution is -2.29. The van der Waals surface area contributed by atoms with Crippen molar-refractivity contribution < 1.29 is 9.53 Å². The van der Waals surface area contributed by atoms with E-state index in [1.807, 2.05) is 42.8 Å². The molecule has 0 saturated carbocycles. The number of aromatic nitrogens is 3. The predicted octanol–water partition coefficient (Wildman–Crippen LogP) is 2.09. The number of piperidine rings is 1. The van der Waals surface area contributed by atoms with Gasteiger partial charge >= 0.3 is 0 Å². The van der Waals surface area contributed by atoms with Crippen LogP contribution in [0.5, 0.6) is 5.75 Å². The van der Waals surface area contributed by atoms with Crippen molar-refractivity contribution in [2.75, 3.05) is 19.7 Å². The summed E-state index contributed by atoms with van der Waals surface area (Å²) < 4.78 is 7.26. The van der Waals surface area contributed by atoms with Gasteiger partial charge in [-0.2, -0.15) is 0 Å². The second-order valence-corrected chi connectivity index (χ2v) is 6.26. The van der Waals surface area contributed by atoms with E-state index in [2.05, 4.69) is 20.9 Å². The molecule has 1 fully saturated rings. The summed E-state index contributed by atoms with van der Waals surface area (Å²) in [6, 6.07) is 7.94. The molecule has 2 N–H and O–H groups in total. The Kier molecular flexibility index (Phi) is 5.65. The van der Waals surface area contributed by atoms with Crippen LogP contribution in [0, 0.1) is 0 Å². The Morgan fingerprint density at radius 2 is 2.08 bits per heavy atom. The number of benzene rings is 1. The topological polar surface area (TPSA) is 81.1 Å². The van der Waals surface area contributed by atoms with Gasteiger partial charge in [0, 0.05) is 0 Å². The van der Waals surface area contributed by atoms with E-state index in [1.165, 1.54) is 0 Å². The molecule has 3 rings (SSSR count). The normalized spacial score (nSPS) is 16.4. The van der Waals surface area contributed by atoms with Gasteiger partial charge in [-0.1, -0.05) is 17.3 Å². The van der Waals surface area contributed by atoms with Crippen LogP contribution in [0.25, 0.3) is 0 Å². The van der Waals surface area contributed by atoms with Crippen LogP contribution in [0.15, 0.2) is 30.5 Å². The largest absolute Gasteiger partial charge is 0.494 e. The van der Waals surface area contributed by atoms with Crippen LogP contribution in [0.2, 0.25) is 0 Å². The van der Waals surface area contributed by atoms with Crippen molar-refractivity contribution in [1.29, 1.82) is 0 Å². The number of ether oxygens (including phenoxy) is 1.